The molecule has 0 radical (unpaired) electrons. The van der Waals surface area contributed by atoms with Crippen LogP contribution in [0.3, 0.4) is 0 Å². The summed E-state index contributed by atoms with van der Waals surface area (Å²) in [5.41, 5.74) is 1.13. The molecular formula is C19H15BrN2O3. The molecule has 5 nitrogen and oxygen atoms in total. The molecule has 0 aliphatic rings. The van der Waals surface area contributed by atoms with Gasteiger partial charge in [-0.2, -0.15) is 0 Å². The number of aromatic nitrogens is 1. The lowest BCUT2D eigenvalue weighted by Crippen LogP contribution is -2.12. The molecule has 3 aromatic rings. The van der Waals surface area contributed by atoms with Crippen molar-refractivity contribution in [1.82, 2.24) is 4.98 Å². The fourth-order valence-electron chi connectivity index (χ4n) is 2.17. The molecule has 6 heteroatoms. The predicted octanol–water partition coefficient (Wildman–Crippen LogP) is 4.90. The Bertz CT molecular complexity index is 882. The van der Waals surface area contributed by atoms with Gasteiger partial charge in [0.1, 0.15) is 0 Å². The average molecular weight is 399 g/mol. The van der Waals surface area contributed by atoms with Gasteiger partial charge in [-0.05, 0) is 46.3 Å². The van der Waals surface area contributed by atoms with Crippen molar-refractivity contribution >= 4 is 27.5 Å². The van der Waals surface area contributed by atoms with Crippen molar-refractivity contribution in [3.8, 4) is 17.4 Å². The number of hydrogen-bond acceptors (Lipinski definition) is 4. The van der Waals surface area contributed by atoms with E-state index in [1.165, 1.54) is 0 Å². The van der Waals surface area contributed by atoms with Crippen molar-refractivity contribution in [3.05, 3.63) is 76.9 Å². The molecule has 0 unspecified atom stereocenters. The van der Waals surface area contributed by atoms with Crippen LogP contribution < -0.4 is 14.8 Å². The van der Waals surface area contributed by atoms with Crippen molar-refractivity contribution in [3.63, 3.8) is 0 Å². The summed E-state index contributed by atoms with van der Waals surface area (Å²) in [6, 6.07) is 17.9. The zero-order valence-electron chi connectivity index (χ0n) is 13.4. The van der Waals surface area contributed by atoms with E-state index < -0.39 is 0 Å². The number of benzene rings is 2. The number of amides is 1. The van der Waals surface area contributed by atoms with Crippen molar-refractivity contribution in [2.75, 3.05) is 12.4 Å². The lowest BCUT2D eigenvalue weighted by atomic mass is 10.2. The van der Waals surface area contributed by atoms with Crippen LogP contribution in [0, 0.1) is 0 Å². The minimum atomic E-state index is -0.215. The second-order valence-electron chi connectivity index (χ2n) is 5.07. The number of pyridine rings is 1. The first-order chi connectivity index (χ1) is 12.2. The van der Waals surface area contributed by atoms with E-state index in [0.29, 0.717) is 28.6 Å². The van der Waals surface area contributed by atoms with E-state index in [-0.39, 0.29) is 5.91 Å². The van der Waals surface area contributed by atoms with E-state index >= 15 is 0 Å². The number of para-hydroxylation sites is 2. The third-order valence-electron chi connectivity index (χ3n) is 3.40. The van der Waals surface area contributed by atoms with Crippen LogP contribution in [0.2, 0.25) is 0 Å². The number of carbonyl (C=O) groups is 1. The van der Waals surface area contributed by atoms with Crippen molar-refractivity contribution in [1.29, 1.82) is 0 Å². The summed E-state index contributed by atoms with van der Waals surface area (Å²) in [6.07, 6.45) is 1.54. The van der Waals surface area contributed by atoms with Gasteiger partial charge in [-0.15, -0.1) is 0 Å². The SMILES string of the molecule is COc1ccccc1Oc1ccc(NC(=O)c2ccccc2Br)cn1. The Kier molecular flexibility index (Phi) is 5.30. The summed E-state index contributed by atoms with van der Waals surface area (Å²) in [6.45, 7) is 0. The lowest BCUT2D eigenvalue weighted by molar-refractivity contribution is 0.102. The summed E-state index contributed by atoms with van der Waals surface area (Å²) in [5.74, 6) is 1.38. The van der Waals surface area contributed by atoms with Crippen LogP contribution in [0.1, 0.15) is 10.4 Å². The van der Waals surface area contributed by atoms with E-state index in [1.54, 1.807) is 37.6 Å². The molecule has 0 fully saturated rings. The Balaban J connectivity index is 1.70. The fraction of sp³-hybridized carbons (Fsp3) is 0.0526. The molecular weight excluding hydrogens is 384 g/mol. The van der Waals surface area contributed by atoms with Gasteiger partial charge in [-0.25, -0.2) is 4.98 Å². The van der Waals surface area contributed by atoms with Gasteiger partial charge in [0.2, 0.25) is 5.88 Å². The maximum Gasteiger partial charge on any atom is 0.256 e. The maximum absolute atomic E-state index is 12.3. The third kappa shape index (κ3) is 4.16. The summed E-state index contributed by atoms with van der Waals surface area (Å²) in [7, 11) is 1.58. The van der Waals surface area contributed by atoms with Crippen LogP contribution in [0.15, 0.2) is 71.3 Å². The van der Waals surface area contributed by atoms with Crippen LogP contribution >= 0.6 is 15.9 Å². The largest absolute Gasteiger partial charge is 0.493 e. The number of ether oxygens (including phenoxy) is 2. The standard InChI is InChI=1S/C19H15BrN2O3/c1-24-16-8-4-5-9-17(16)25-18-11-10-13(12-21-18)22-19(23)14-6-2-3-7-15(14)20/h2-12H,1H3,(H,22,23). The molecule has 1 amide bonds. The first-order valence-electron chi connectivity index (χ1n) is 7.50. The third-order valence-corrected chi connectivity index (χ3v) is 4.09. The number of carbonyl (C=O) groups excluding carboxylic acids is 1. The minimum Gasteiger partial charge on any atom is -0.493 e. The first kappa shape index (κ1) is 17.0. The fourth-order valence-corrected chi connectivity index (χ4v) is 2.64. The molecule has 0 aliphatic heterocycles. The highest BCUT2D eigenvalue weighted by molar-refractivity contribution is 9.10. The monoisotopic (exact) mass is 398 g/mol. The number of anilines is 1. The molecule has 0 spiro atoms. The first-order valence-corrected chi connectivity index (χ1v) is 8.29. The van der Waals surface area contributed by atoms with Gasteiger partial charge >= 0.3 is 0 Å². The topological polar surface area (TPSA) is 60.5 Å². The van der Waals surface area contributed by atoms with Gasteiger partial charge in [0.05, 0.1) is 24.6 Å². The van der Waals surface area contributed by atoms with E-state index in [2.05, 4.69) is 26.2 Å². The van der Waals surface area contributed by atoms with Crippen molar-refractivity contribution in [2.45, 2.75) is 0 Å². The van der Waals surface area contributed by atoms with Crippen LogP contribution in [0.4, 0.5) is 5.69 Å². The molecule has 0 aliphatic carbocycles. The van der Waals surface area contributed by atoms with E-state index in [9.17, 15) is 4.79 Å². The van der Waals surface area contributed by atoms with Crippen LogP contribution in [-0.2, 0) is 0 Å². The van der Waals surface area contributed by atoms with Gasteiger partial charge in [0.15, 0.2) is 11.5 Å². The molecule has 1 N–H and O–H groups in total. The number of nitrogens with zero attached hydrogens (tertiary/aromatic N) is 1. The smallest absolute Gasteiger partial charge is 0.256 e. The van der Waals surface area contributed by atoms with E-state index in [0.717, 1.165) is 4.47 Å². The number of nitrogens with one attached hydrogen (secondary N) is 1. The Morgan fingerprint density at radius 1 is 1.00 bits per heavy atom. The van der Waals surface area contributed by atoms with Gasteiger partial charge in [0, 0.05) is 10.5 Å². The Labute approximate surface area is 153 Å². The zero-order chi connectivity index (χ0) is 17.6. The van der Waals surface area contributed by atoms with Gasteiger partial charge < -0.3 is 14.8 Å². The second-order valence-corrected chi connectivity index (χ2v) is 5.93. The van der Waals surface area contributed by atoms with Crippen LogP contribution in [0.5, 0.6) is 17.4 Å². The lowest BCUT2D eigenvalue weighted by Gasteiger charge is -2.10. The van der Waals surface area contributed by atoms with Crippen LogP contribution in [0.25, 0.3) is 0 Å². The number of methoxy groups -OCH3 is 1. The quantitative estimate of drug-likeness (QED) is 0.663. The summed E-state index contributed by atoms with van der Waals surface area (Å²) < 4.78 is 11.7. The van der Waals surface area contributed by atoms with Gasteiger partial charge in [0.25, 0.3) is 5.91 Å². The molecule has 0 saturated carbocycles. The molecule has 1 aromatic heterocycles. The van der Waals surface area contributed by atoms with Gasteiger partial charge in [-0.3, -0.25) is 4.79 Å². The Morgan fingerprint density at radius 3 is 2.40 bits per heavy atom. The summed E-state index contributed by atoms with van der Waals surface area (Å²) >= 11 is 3.36. The Morgan fingerprint density at radius 2 is 1.72 bits per heavy atom. The molecule has 126 valence electrons. The highest BCUT2D eigenvalue weighted by Crippen LogP contribution is 2.30. The number of hydrogen-bond donors (Lipinski definition) is 1. The Hall–Kier alpha value is -2.86. The van der Waals surface area contributed by atoms with Crippen molar-refractivity contribution in [2.24, 2.45) is 0 Å². The molecule has 3 rings (SSSR count). The number of halogens is 1. The molecule has 0 saturated heterocycles. The van der Waals surface area contributed by atoms with Crippen molar-refractivity contribution < 1.29 is 14.3 Å². The highest BCUT2D eigenvalue weighted by Gasteiger charge is 2.10. The summed E-state index contributed by atoms with van der Waals surface area (Å²) in [5, 5.41) is 2.80. The van der Waals surface area contributed by atoms with Crippen LogP contribution in [-0.4, -0.2) is 18.0 Å². The van der Waals surface area contributed by atoms with E-state index in [4.69, 9.17) is 9.47 Å². The second kappa shape index (κ2) is 7.81. The normalized spacial score (nSPS) is 10.2. The molecule has 1 heterocycles. The molecule has 2 aromatic carbocycles. The summed E-state index contributed by atoms with van der Waals surface area (Å²) in [4.78, 5) is 16.5. The van der Waals surface area contributed by atoms with E-state index in [1.807, 2.05) is 36.4 Å². The minimum absolute atomic E-state index is 0.215. The molecule has 0 bridgehead atoms. The highest BCUT2D eigenvalue weighted by atomic mass is 79.9. The number of rotatable bonds is 5. The molecule has 25 heavy (non-hydrogen) atoms. The predicted molar refractivity (Wildman–Crippen MR) is 99.4 cm³/mol. The molecule has 0 atom stereocenters. The maximum atomic E-state index is 12.3. The average Bonchev–Trinajstić information content (AvgIpc) is 2.64. The zero-order valence-corrected chi connectivity index (χ0v) is 15.0. The van der Waals surface area contributed by atoms with Gasteiger partial charge in [-0.1, -0.05) is 24.3 Å².